The summed E-state index contributed by atoms with van der Waals surface area (Å²) in [5.74, 6) is 0.205. The minimum atomic E-state index is -0.335. The Hall–Kier alpha value is -2.49. The third-order valence-corrected chi connectivity index (χ3v) is 2.51. The molecule has 1 aromatic carbocycles. The first-order valence-corrected chi connectivity index (χ1v) is 5.89. The first-order valence-electron chi connectivity index (χ1n) is 5.89. The Morgan fingerprint density at radius 3 is 2.68 bits per heavy atom. The molecule has 1 aromatic heterocycles. The molecule has 19 heavy (non-hydrogen) atoms. The molecule has 0 fully saturated rings. The molecule has 0 unspecified atom stereocenters. The van der Waals surface area contributed by atoms with E-state index in [1.807, 2.05) is 31.2 Å². The van der Waals surface area contributed by atoms with E-state index in [-0.39, 0.29) is 5.97 Å². The van der Waals surface area contributed by atoms with Crippen molar-refractivity contribution in [3.05, 3.63) is 54.1 Å². The molecule has 0 aliphatic carbocycles. The number of ether oxygens (including phenoxy) is 1. The van der Waals surface area contributed by atoms with E-state index in [1.54, 1.807) is 24.7 Å². The third-order valence-electron chi connectivity index (χ3n) is 2.51. The highest BCUT2D eigenvalue weighted by atomic mass is 16.5. The molecule has 0 atom stereocenters. The zero-order valence-electron chi connectivity index (χ0n) is 10.8. The molecule has 0 amide bonds. The van der Waals surface area contributed by atoms with Crippen molar-refractivity contribution in [2.75, 3.05) is 0 Å². The van der Waals surface area contributed by atoms with E-state index in [2.05, 4.69) is 9.97 Å². The number of carbonyl (C=O) groups excluding carboxylic acids is 1. The molecule has 4 nitrogen and oxygen atoms in total. The maximum atomic E-state index is 11.1. The van der Waals surface area contributed by atoms with Crippen molar-refractivity contribution in [3.8, 4) is 5.75 Å². The summed E-state index contributed by atoms with van der Waals surface area (Å²) in [4.78, 5) is 19.3. The van der Waals surface area contributed by atoms with Gasteiger partial charge in [-0.05, 0) is 24.6 Å². The van der Waals surface area contributed by atoms with E-state index >= 15 is 0 Å². The number of rotatable bonds is 3. The highest BCUT2D eigenvalue weighted by molar-refractivity contribution is 5.81. The molecule has 1 heterocycles. The second-order valence-electron chi connectivity index (χ2n) is 4.05. The van der Waals surface area contributed by atoms with Gasteiger partial charge in [0.15, 0.2) is 0 Å². The molecule has 0 saturated carbocycles. The summed E-state index contributed by atoms with van der Waals surface area (Å²) in [6, 6.07) is 7.37. The number of aromatic nitrogens is 2. The Morgan fingerprint density at radius 2 is 2.00 bits per heavy atom. The third kappa shape index (κ3) is 3.48. The molecule has 0 radical (unpaired) electrons. The maximum Gasteiger partial charge on any atom is 0.308 e. The largest absolute Gasteiger partial charge is 0.426 e. The van der Waals surface area contributed by atoms with Gasteiger partial charge in [-0.1, -0.05) is 18.2 Å². The van der Waals surface area contributed by atoms with E-state index < -0.39 is 0 Å². The second kappa shape index (κ2) is 5.91. The molecular weight excluding hydrogens is 240 g/mol. The zero-order valence-corrected chi connectivity index (χ0v) is 10.8. The molecule has 0 spiro atoms. The van der Waals surface area contributed by atoms with Gasteiger partial charge in [0.1, 0.15) is 5.75 Å². The van der Waals surface area contributed by atoms with Crippen LogP contribution in [-0.4, -0.2) is 15.9 Å². The van der Waals surface area contributed by atoms with E-state index in [1.165, 1.54) is 6.92 Å². The maximum absolute atomic E-state index is 11.1. The minimum Gasteiger partial charge on any atom is -0.426 e. The Kier molecular flexibility index (Phi) is 4.03. The number of hydrogen-bond donors (Lipinski definition) is 0. The average molecular weight is 254 g/mol. The molecule has 96 valence electrons. The molecule has 0 aliphatic rings. The zero-order chi connectivity index (χ0) is 13.7. The molecule has 0 bridgehead atoms. The smallest absolute Gasteiger partial charge is 0.308 e. The molecule has 0 aliphatic heterocycles. The van der Waals surface area contributed by atoms with Gasteiger partial charge in [0.2, 0.25) is 0 Å². The van der Waals surface area contributed by atoms with Crippen molar-refractivity contribution < 1.29 is 9.53 Å². The van der Waals surface area contributed by atoms with Crippen LogP contribution in [0.2, 0.25) is 0 Å². The second-order valence-corrected chi connectivity index (χ2v) is 4.05. The van der Waals surface area contributed by atoms with Crippen molar-refractivity contribution in [2.45, 2.75) is 13.8 Å². The topological polar surface area (TPSA) is 52.1 Å². The number of allylic oxidation sites excluding steroid dienone is 1. The summed E-state index contributed by atoms with van der Waals surface area (Å²) in [5.41, 5.74) is 2.58. The van der Waals surface area contributed by atoms with Gasteiger partial charge in [-0.2, -0.15) is 0 Å². The Labute approximate surface area is 111 Å². The van der Waals surface area contributed by atoms with E-state index in [9.17, 15) is 4.79 Å². The number of esters is 1. The van der Waals surface area contributed by atoms with Gasteiger partial charge in [-0.25, -0.2) is 0 Å². The molecule has 0 N–H and O–H groups in total. The highest BCUT2D eigenvalue weighted by Crippen LogP contribution is 2.23. The quantitative estimate of drug-likeness (QED) is 0.624. The molecule has 2 aromatic rings. The standard InChI is InChI=1S/C15H14N2O2/c1-11(14-10-16-7-8-17-14)9-13-5-3-4-6-15(13)19-12(2)18/h3-10H,1-2H3/b11-9-. The molecular formula is C15H14N2O2. The number of para-hydroxylation sites is 1. The fourth-order valence-corrected chi connectivity index (χ4v) is 1.66. The predicted octanol–water partition coefficient (Wildman–Crippen LogP) is 2.96. The van der Waals surface area contributed by atoms with Gasteiger partial charge in [0.25, 0.3) is 0 Å². The van der Waals surface area contributed by atoms with Crippen molar-refractivity contribution in [1.29, 1.82) is 0 Å². The summed E-state index contributed by atoms with van der Waals surface area (Å²) in [7, 11) is 0. The van der Waals surface area contributed by atoms with E-state index in [4.69, 9.17) is 4.74 Å². The van der Waals surface area contributed by atoms with Crippen molar-refractivity contribution >= 4 is 17.6 Å². The minimum absolute atomic E-state index is 0.335. The fraction of sp³-hybridized carbons (Fsp3) is 0.133. The number of hydrogen-bond acceptors (Lipinski definition) is 4. The average Bonchev–Trinajstić information content (AvgIpc) is 2.41. The Balaban J connectivity index is 2.35. The predicted molar refractivity (Wildman–Crippen MR) is 73.3 cm³/mol. The first-order chi connectivity index (χ1) is 9.16. The molecule has 4 heteroatoms. The lowest BCUT2D eigenvalue weighted by molar-refractivity contribution is -0.131. The van der Waals surface area contributed by atoms with Gasteiger partial charge in [-0.15, -0.1) is 0 Å². The summed E-state index contributed by atoms with van der Waals surface area (Å²) in [6.45, 7) is 3.32. The number of benzene rings is 1. The lowest BCUT2D eigenvalue weighted by atomic mass is 10.1. The van der Waals surface area contributed by atoms with Crippen molar-refractivity contribution in [3.63, 3.8) is 0 Å². The van der Waals surface area contributed by atoms with Crippen LogP contribution in [0.4, 0.5) is 0 Å². The van der Waals surface area contributed by atoms with Crippen LogP contribution in [0, 0.1) is 0 Å². The fourth-order valence-electron chi connectivity index (χ4n) is 1.66. The van der Waals surface area contributed by atoms with Gasteiger partial charge in [-0.3, -0.25) is 14.8 Å². The van der Waals surface area contributed by atoms with Crippen molar-refractivity contribution in [2.24, 2.45) is 0 Å². The lowest BCUT2D eigenvalue weighted by Crippen LogP contribution is -2.02. The van der Waals surface area contributed by atoms with Crippen molar-refractivity contribution in [1.82, 2.24) is 9.97 Å². The van der Waals surface area contributed by atoms with Gasteiger partial charge in [0, 0.05) is 24.9 Å². The van der Waals surface area contributed by atoms with Gasteiger partial charge in [0.05, 0.1) is 11.9 Å². The van der Waals surface area contributed by atoms with Crippen LogP contribution in [0.25, 0.3) is 11.6 Å². The summed E-state index contributed by atoms with van der Waals surface area (Å²) in [5, 5.41) is 0. The monoisotopic (exact) mass is 254 g/mol. The molecule has 2 rings (SSSR count). The number of carbonyl (C=O) groups is 1. The van der Waals surface area contributed by atoms with Crippen LogP contribution in [0.3, 0.4) is 0 Å². The summed E-state index contributed by atoms with van der Waals surface area (Å²) < 4.78 is 5.16. The van der Waals surface area contributed by atoms with Crippen LogP contribution in [0.1, 0.15) is 25.1 Å². The Bertz CT molecular complexity index is 607. The lowest BCUT2D eigenvalue weighted by Gasteiger charge is -2.06. The van der Waals surface area contributed by atoms with Gasteiger partial charge < -0.3 is 4.74 Å². The number of nitrogens with zero attached hydrogens (tertiary/aromatic N) is 2. The van der Waals surface area contributed by atoms with E-state index in [0.29, 0.717) is 5.75 Å². The van der Waals surface area contributed by atoms with E-state index in [0.717, 1.165) is 16.8 Å². The normalized spacial score (nSPS) is 11.2. The summed E-state index contributed by atoms with van der Waals surface area (Å²) in [6.07, 6.45) is 6.89. The van der Waals surface area contributed by atoms with Crippen LogP contribution >= 0.6 is 0 Å². The first kappa shape index (κ1) is 13.0. The van der Waals surface area contributed by atoms with Gasteiger partial charge >= 0.3 is 5.97 Å². The SMILES string of the molecule is CC(=O)Oc1ccccc1/C=C(/C)c1cnccn1. The highest BCUT2D eigenvalue weighted by Gasteiger charge is 2.04. The van der Waals surface area contributed by atoms with Crippen LogP contribution in [0.5, 0.6) is 5.75 Å². The van der Waals surface area contributed by atoms with Crippen LogP contribution in [0.15, 0.2) is 42.9 Å². The molecule has 0 saturated heterocycles. The van der Waals surface area contributed by atoms with Crippen LogP contribution in [-0.2, 0) is 4.79 Å². The van der Waals surface area contributed by atoms with Crippen LogP contribution < -0.4 is 4.74 Å². The summed E-state index contributed by atoms with van der Waals surface area (Å²) >= 11 is 0. The Morgan fingerprint density at radius 1 is 1.21 bits per heavy atom.